The molecule has 1 aliphatic heterocycles. The van der Waals surface area contributed by atoms with Gasteiger partial charge in [-0.1, -0.05) is 11.6 Å². The monoisotopic (exact) mass is 321 g/mol. The molecule has 0 saturated carbocycles. The second-order valence-electron chi connectivity index (χ2n) is 4.49. The van der Waals surface area contributed by atoms with Crippen LogP contribution in [0.5, 0.6) is 0 Å². The minimum Gasteiger partial charge on any atom is -0.476 e. The topological polar surface area (TPSA) is 88.1 Å². The molecule has 0 aliphatic carbocycles. The number of nitrogens with zero attached hydrogens (tertiary/aromatic N) is 3. The van der Waals surface area contributed by atoms with Crippen LogP contribution in [0, 0.1) is 0 Å². The van der Waals surface area contributed by atoms with Crippen LogP contribution in [0.15, 0.2) is 0 Å². The number of aromatic carboxylic acids is 1. The minimum absolute atomic E-state index is 0.120. The van der Waals surface area contributed by atoms with Gasteiger partial charge in [-0.05, 0) is 25.4 Å². The maximum absolute atomic E-state index is 11.1. The zero-order valence-electron chi connectivity index (χ0n) is 10.9. The zero-order chi connectivity index (χ0) is 14.9. The highest BCUT2D eigenvalue weighted by molar-refractivity contribution is 6.36. The zero-order valence-corrected chi connectivity index (χ0v) is 12.4. The van der Waals surface area contributed by atoms with Crippen LogP contribution in [-0.2, 0) is 9.57 Å². The molecule has 110 valence electrons. The van der Waals surface area contributed by atoms with Crippen molar-refractivity contribution in [3.05, 3.63) is 16.0 Å². The number of hydrogen-bond acceptors (Lipinski definition) is 6. The Morgan fingerprint density at radius 3 is 2.70 bits per heavy atom. The Kier molecular flexibility index (Phi) is 4.33. The summed E-state index contributed by atoms with van der Waals surface area (Å²) in [6, 6.07) is 0. The van der Waals surface area contributed by atoms with Crippen LogP contribution in [0.3, 0.4) is 0 Å². The number of carboxylic acid groups (broad SMARTS) is 1. The predicted molar refractivity (Wildman–Crippen MR) is 72.3 cm³/mol. The number of epoxide rings is 1. The summed E-state index contributed by atoms with van der Waals surface area (Å²) in [6.45, 7) is 5.04. The summed E-state index contributed by atoms with van der Waals surface area (Å²) in [5, 5.41) is 10.1. The molecule has 20 heavy (non-hydrogen) atoms. The highest BCUT2D eigenvalue weighted by Gasteiger charge is 2.40. The van der Waals surface area contributed by atoms with E-state index in [1.165, 1.54) is 5.06 Å². The van der Waals surface area contributed by atoms with Gasteiger partial charge in [0.15, 0.2) is 11.5 Å². The Morgan fingerprint density at radius 2 is 2.20 bits per heavy atom. The molecule has 1 saturated heterocycles. The van der Waals surface area contributed by atoms with Crippen LogP contribution in [-0.4, -0.2) is 46.4 Å². The lowest BCUT2D eigenvalue weighted by Crippen LogP contribution is -2.30. The molecule has 1 atom stereocenters. The van der Waals surface area contributed by atoms with Crippen molar-refractivity contribution >= 4 is 35.0 Å². The summed E-state index contributed by atoms with van der Waals surface area (Å²) in [4.78, 5) is 24.1. The number of hydrogen-bond donors (Lipinski definition) is 1. The highest BCUT2D eigenvalue weighted by atomic mass is 35.5. The smallest absolute Gasteiger partial charge is 0.356 e. The molecule has 0 aromatic carbocycles. The van der Waals surface area contributed by atoms with Crippen molar-refractivity contribution in [3.8, 4) is 0 Å². The van der Waals surface area contributed by atoms with E-state index in [-0.39, 0.29) is 27.4 Å². The van der Waals surface area contributed by atoms with Crippen molar-refractivity contribution in [2.24, 2.45) is 0 Å². The lowest BCUT2D eigenvalue weighted by Gasteiger charge is -2.23. The average molecular weight is 322 g/mol. The van der Waals surface area contributed by atoms with Gasteiger partial charge in [-0.3, -0.25) is 4.84 Å². The van der Waals surface area contributed by atoms with Crippen molar-refractivity contribution in [3.63, 3.8) is 0 Å². The summed E-state index contributed by atoms with van der Waals surface area (Å²) in [5.74, 6) is -1.16. The molecular formula is C11H13Cl2N3O4. The van der Waals surface area contributed by atoms with Crippen molar-refractivity contribution in [1.29, 1.82) is 0 Å². The Hall–Kier alpha value is -1.15. The van der Waals surface area contributed by atoms with Gasteiger partial charge in [-0.2, -0.15) is 4.98 Å². The Labute approximate surface area is 125 Å². The summed E-state index contributed by atoms with van der Waals surface area (Å²) in [7, 11) is 0. The molecule has 9 heteroatoms. The molecule has 1 aliphatic rings. The average Bonchev–Trinajstić information content (AvgIpc) is 3.11. The van der Waals surface area contributed by atoms with E-state index in [4.69, 9.17) is 37.9 Å². The quantitative estimate of drug-likeness (QED) is 0.487. The van der Waals surface area contributed by atoms with Crippen molar-refractivity contribution < 1.29 is 19.5 Å². The third-order valence-electron chi connectivity index (χ3n) is 2.70. The Morgan fingerprint density at radius 1 is 1.55 bits per heavy atom. The fourth-order valence-corrected chi connectivity index (χ4v) is 1.86. The Bertz CT molecular complexity index is 537. The van der Waals surface area contributed by atoms with Crippen LogP contribution in [0.2, 0.25) is 10.3 Å². The molecule has 1 aromatic rings. The van der Waals surface area contributed by atoms with Crippen LogP contribution in [0.25, 0.3) is 0 Å². The van der Waals surface area contributed by atoms with E-state index in [0.29, 0.717) is 19.8 Å². The van der Waals surface area contributed by atoms with Gasteiger partial charge in [-0.25, -0.2) is 14.8 Å². The molecule has 1 fully saturated rings. The van der Waals surface area contributed by atoms with Gasteiger partial charge in [0.05, 0.1) is 6.61 Å². The molecule has 1 N–H and O–H groups in total. The predicted octanol–water partition coefficient (Wildman–Crippen LogP) is 2.03. The van der Waals surface area contributed by atoms with Gasteiger partial charge in [0, 0.05) is 6.54 Å². The second-order valence-corrected chi connectivity index (χ2v) is 5.21. The van der Waals surface area contributed by atoms with Gasteiger partial charge in [0.1, 0.15) is 17.2 Å². The summed E-state index contributed by atoms with van der Waals surface area (Å²) in [6.07, 6.45) is 0. The van der Waals surface area contributed by atoms with Crippen molar-refractivity contribution in [2.75, 3.05) is 24.8 Å². The van der Waals surface area contributed by atoms with Gasteiger partial charge in [0.2, 0.25) is 5.28 Å². The summed E-state index contributed by atoms with van der Waals surface area (Å²) < 4.78 is 5.21. The minimum atomic E-state index is -1.28. The van der Waals surface area contributed by atoms with E-state index in [9.17, 15) is 4.79 Å². The molecule has 2 rings (SSSR count). The van der Waals surface area contributed by atoms with E-state index in [0.717, 1.165) is 0 Å². The number of anilines is 1. The lowest BCUT2D eigenvalue weighted by molar-refractivity contribution is 0.0653. The maximum atomic E-state index is 11.1. The first-order chi connectivity index (χ1) is 9.36. The number of hydroxylamine groups is 1. The van der Waals surface area contributed by atoms with Crippen LogP contribution in [0.1, 0.15) is 24.3 Å². The molecule has 0 amide bonds. The fraction of sp³-hybridized carbons (Fsp3) is 0.545. The maximum Gasteiger partial charge on any atom is 0.356 e. The van der Waals surface area contributed by atoms with E-state index >= 15 is 0 Å². The van der Waals surface area contributed by atoms with Gasteiger partial charge >= 0.3 is 5.97 Å². The first-order valence-corrected chi connectivity index (χ1v) is 6.62. The van der Waals surface area contributed by atoms with Crippen LogP contribution >= 0.6 is 23.2 Å². The SMILES string of the molecule is CCN(OC[C@]1(C)CO1)c1nc(Cl)nc(C(=O)O)c1Cl. The van der Waals surface area contributed by atoms with E-state index in [1.807, 2.05) is 13.8 Å². The molecular weight excluding hydrogens is 309 g/mol. The highest BCUT2D eigenvalue weighted by Crippen LogP contribution is 2.30. The van der Waals surface area contributed by atoms with Crippen molar-refractivity contribution in [2.45, 2.75) is 19.4 Å². The molecule has 1 aromatic heterocycles. The van der Waals surface area contributed by atoms with E-state index in [1.54, 1.807) is 0 Å². The number of carboxylic acids is 1. The summed E-state index contributed by atoms with van der Waals surface area (Å²) in [5.41, 5.74) is -0.676. The molecule has 2 heterocycles. The third-order valence-corrected chi connectivity index (χ3v) is 3.21. The second kappa shape index (κ2) is 5.69. The number of halogens is 2. The Balaban J connectivity index is 2.26. The van der Waals surface area contributed by atoms with Gasteiger partial charge < -0.3 is 9.84 Å². The molecule has 0 unspecified atom stereocenters. The molecule has 7 nitrogen and oxygen atoms in total. The van der Waals surface area contributed by atoms with Gasteiger partial charge in [-0.15, -0.1) is 0 Å². The molecule has 0 bridgehead atoms. The van der Waals surface area contributed by atoms with Crippen LogP contribution in [0.4, 0.5) is 5.82 Å². The fourth-order valence-electron chi connectivity index (χ4n) is 1.44. The number of ether oxygens (including phenoxy) is 1. The number of carbonyl (C=O) groups is 1. The molecule has 0 spiro atoms. The third kappa shape index (κ3) is 3.29. The number of aromatic nitrogens is 2. The lowest BCUT2D eigenvalue weighted by atomic mass is 10.2. The van der Waals surface area contributed by atoms with Gasteiger partial charge in [0.25, 0.3) is 0 Å². The van der Waals surface area contributed by atoms with Crippen LogP contribution < -0.4 is 5.06 Å². The van der Waals surface area contributed by atoms with Crippen molar-refractivity contribution in [1.82, 2.24) is 9.97 Å². The van der Waals surface area contributed by atoms with E-state index in [2.05, 4.69) is 9.97 Å². The standard InChI is InChI=1S/C11H13Cl2N3O4/c1-3-16(20-5-11(2)4-19-11)8-6(12)7(9(17)18)14-10(13)15-8/h3-5H2,1-2H3,(H,17,18)/t11-/m0/s1. The normalized spacial score (nSPS) is 20.8. The first kappa shape index (κ1) is 15.2. The van der Waals surface area contributed by atoms with E-state index < -0.39 is 5.97 Å². The molecule has 0 radical (unpaired) electrons. The largest absolute Gasteiger partial charge is 0.476 e. The summed E-state index contributed by atoms with van der Waals surface area (Å²) >= 11 is 11.7. The first-order valence-electron chi connectivity index (χ1n) is 5.87. The number of rotatable bonds is 6.